The van der Waals surface area contributed by atoms with Gasteiger partial charge in [0, 0.05) is 44.6 Å². The lowest BCUT2D eigenvalue weighted by molar-refractivity contribution is 0.0685. The molecule has 0 amide bonds. The monoisotopic (exact) mass is 431 g/mol. The van der Waals surface area contributed by atoms with Gasteiger partial charge in [-0.05, 0) is 50.5 Å². The highest BCUT2D eigenvalue weighted by atomic mass is 35.5. The number of rotatable bonds is 6. The van der Waals surface area contributed by atoms with E-state index < -0.39 is 0 Å². The molecule has 2 aromatic heterocycles. The fraction of sp³-hybridized carbons (Fsp3) is 0.591. The minimum atomic E-state index is -0.173. The second-order valence-corrected chi connectivity index (χ2v) is 8.81. The summed E-state index contributed by atoms with van der Waals surface area (Å²) in [4.78, 5) is 15.8. The summed E-state index contributed by atoms with van der Waals surface area (Å²) < 4.78 is 5.46. The highest BCUT2D eigenvalue weighted by Crippen LogP contribution is 2.30. The fourth-order valence-electron chi connectivity index (χ4n) is 4.22. The summed E-state index contributed by atoms with van der Waals surface area (Å²) >= 11 is 6.46. The van der Waals surface area contributed by atoms with Crippen LogP contribution in [0.15, 0.2) is 24.7 Å². The molecular weight excluding hydrogens is 402 g/mol. The third-order valence-electron chi connectivity index (χ3n) is 6.07. The number of hydrogen-bond acceptors (Lipinski definition) is 7. The van der Waals surface area contributed by atoms with Crippen LogP contribution in [0.4, 0.5) is 11.6 Å². The van der Waals surface area contributed by atoms with Crippen LogP contribution in [0.2, 0.25) is 5.02 Å². The number of aliphatic hydroxyl groups is 1. The van der Waals surface area contributed by atoms with E-state index in [2.05, 4.69) is 27.2 Å². The number of halogens is 1. The maximum Gasteiger partial charge on any atom is 0.147 e. The van der Waals surface area contributed by atoms with Crippen molar-refractivity contribution in [2.75, 3.05) is 37.0 Å². The number of ether oxygens (including phenoxy) is 1. The van der Waals surface area contributed by atoms with E-state index in [9.17, 15) is 5.11 Å². The predicted molar refractivity (Wildman–Crippen MR) is 119 cm³/mol. The molecule has 8 heteroatoms. The smallest absolute Gasteiger partial charge is 0.147 e. The fourth-order valence-corrected chi connectivity index (χ4v) is 4.42. The highest BCUT2D eigenvalue weighted by Gasteiger charge is 2.20. The maximum atomic E-state index is 9.71. The minimum absolute atomic E-state index is 0.173. The second-order valence-electron chi connectivity index (χ2n) is 8.40. The Kier molecular flexibility index (Phi) is 7.02. The van der Waals surface area contributed by atoms with Crippen LogP contribution < -0.4 is 10.2 Å². The summed E-state index contributed by atoms with van der Waals surface area (Å²) in [6.07, 6.45) is 10.7. The average molecular weight is 432 g/mol. The van der Waals surface area contributed by atoms with Gasteiger partial charge in [-0.2, -0.15) is 0 Å². The van der Waals surface area contributed by atoms with Gasteiger partial charge in [-0.25, -0.2) is 9.97 Å². The zero-order valence-electron chi connectivity index (χ0n) is 17.4. The Labute approximate surface area is 182 Å². The lowest BCUT2D eigenvalue weighted by Gasteiger charge is -2.28. The number of nitrogens with one attached hydrogen (secondary N) is 1. The van der Waals surface area contributed by atoms with Crippen LogP contribution in [-0.4, -0.2) is 59.0 Å². The largest absolute Gasteiger partial charge is 0.393 e. The van der Waals surface area contributed by atoms with Gasteiger partial charge >= 0.3 is 0 Å². The molecule has 0 radical (unpaired) electrons. The molecule has 2 aliphatic rings. The molecular formula is C22H30ClN5O2. The number of hydrogen-bond donors (Lipinski definition) is 2. The molecule has 3 heterocycles. The Bertz CT molecular complexity index is 838. The Morgan fingerprint density at radius 3 is 2.67 bits per heavy atom. The number of aromatic nitrogens is 3. The topological polar surface area (TPSA) is 83.4 Å². The van der Waals surface area contributed by atoms with Crippen molar-refractivity contribution in [2.24, 2.45) is 5.92 Å². The first-order valence-corrected chi connectivity index (χ1v) is 11.2. The summed E-state index contributed by atoms with van der Waals surface area (Å²) in [6.45, 7) is 2.62. The third-order valence-corrected chi connectivity index (χ3v) is 6.37. The number of aliphatic hydroxyl groups excluding tert-OH is 1. The van der Waals surface area contributed by atoms with Crippen molar-refractivity contribution in [3.63, 3.8) is 0 Å². The standard InChI is InChI=1S/C22H30ClN5O2/c1-28(14-15-6-8-30-9-7-15)22-13-24-12-20(27-22)18-10-21(25-11-19(18)23)26-16-2-4-17(29)5-3-16/h10-13,15-17,29H,2-9,14H2,1H3,(H,25,26). The van der Waals surface area contributed by atoms with Crippen LogP contribution in [0.25, 0.3) is 11.3 Å². The molecule has 1 aliphatic carbocycles. The number of anilines is 2. The molecule has 0 bridgehead atoms. The summed E-state index contributed by atoms with van der Waals surface area (Å²) in [5, 5.41) is 13.7. The summed E-state index contributed by atoms with van der Waals surface area (Å²) in [5.74, 6) is 2.23. The Morgan fingerprint density at radius 1 is 1.13 bits per heavy atom. The Morgan fingerprint density at radius 2 is 1.90 bits per heavy atom. The van der Waals surface area contributed by atoms with E-state index >= 15 is 0 Å². The highest BCUT2D eigenvalue weighted by molar-refractivity contribution is 6.33. The van der Waals surface area contributed by atoms with Crippen molar-refractivity contribution >= 4 is 23.2 Å². The number of pyridine rings is 1. The summed E-state index contributed by atoms with van der Waals surface area (Å²) in [6, 6.07) is 2.26. The SMILES string of the molecule is CN(CC1CCOCC1)c1cncc(-c2cc(NC3CCC(O)CC3)ncc2Cl)n1. The van der Waals surface area contributed by atoms with E-state index in [0.29, 0.717) is 17.0 Å². The van der Waals surface area contributed by atoms with Crippen molar-refractivity contribution < 1.29 is 9.84 Å². The van der Waals surface area contributed by atoms with Crippen LogP contribution in [0.1, 0.15) is 38.5 Å². The molecule has 0 unspecified atom stereocenters. The van der Waals surface area contributed by atoms with Gasteiger partial charge in [0.15, 0.2) is 0 Å². The van der Waals surface area contributed by atoms with Gasteiger partial charge < -0.3 is 20.1 Å². The quantitative estimate of drug-likeness (QED) is 0.720. The molecule has 0 spiro atoms. The van der Waals surface area contributed by atoms with E-state index in [1.54, 1.807) is 18.6 Å². The van der Waals surface area contributed by atoms with Gasteiger partial charge in [0.2, 0.25) is 0 Å². The molecule has 2 N–H and O–H groups in total. The molecule has 1 aliphatic heterocycles. The van der Waals surface area contributed by atoms with E-state index in [0.717, 1.165) is 81.2 Å². The molecule has 4 rings (SSSR count). The van der Waals surface area contributed by atoms with Gasteiger partial charge in [-0.15, -0.1) is 0 Å². The number of nitrogens with zero attached hydrogens (tertiary/aromatic N) is 4. The molecule has 2 fully saturated rings. The van der Waals surface area contributed by atoms with E-state index in [1.807, 2.05) is 6.07 Å². The normalized spacial score (nSPS) is 22.6. The molecule has 30 heavy (non-hydrogen) atoms. The second kappa shape index (κ2) is 9.90. The van der Waals surface area contributed by atoms with E-state index in [1.165, 1.54) is 0 Å². The summed E-state index contributed by atoms with van der Waals surface area (Å²) in [5.41, 5.74) is 1.56. The van der Waals surface area contributed by atoms with Crippen molar-refractivity contribution in [1.29, 1.82) is 0 Å². The van der Waals surface area contributed by atoms with Crippen LogP contribution in [0, 0.1) is 5.92 Å². The van der Waals surface area contributed by atoms with Crippen LogP contribution in [-0.2, 0) is 4.74 Å². The Hall–Kier alpha value is -1.96. The lowest BCUT2D eigenvalue weighted by Crippen LogP contribution is -2.30. The van der Waals surface area contributed by atoms with E-state index in [-0.39, 0.29) is 6.10 Å². The van der Waals surface area contributed by atoms with Crippen molar-refractivity contribution in [3.05, 3.63) is 29.7 Å². The molecule has 1 saturated carbocycles. The minimum Gasteiger partial charge on any atom is -0.393 e. The average Bonchev–Trinajstić information content (AvgIpc) is 2.77. The van der Waals surface area contributed by atoms with Gasteiger partial charge in [-0.1, -0.05) is 11.6 Å². The van der Waals surface area contributed by atoms with Gasteiger partial charge in [0.25, 0.3) is 0 Å². The maximum absolute atomic E-state index is 9.71. The van der Waals surface area contributed by atoms with E-state index in [4.69, 9.17) is 21.3 Å². The molecule has 1 saturated heterocycles. The molecule has 7 nitrogen and oxygen atoms in total. The van der Waals surface area contributed by atoms with Crippen LogP contribution >= 0.6 is 11.6 Å². The zero-order valence-corrected chi connectivity index (χ0v) is 18.2. The van der Waals surface area contributed by atoms with Crippen LogP contribution in [0.3, 0.4) is 0 Å². The third kappa shape index (κ3) is 5.39. The molecule has 2 aromatic rings. The van der Waals surface area contributed by atoms with Crippen LogP contribution in [0.5, 0.6) is 0 Å². The van der Waals surface area contributed by atoms with Crippen molar-refractivity contribution in [3.8, 4) is 11.3 Å². The first-order chi connectivity index (χ1) is 14.6. The van der Waals surface area contributed by atoms with Gasteiger partial charge in [0.05, 0.1) is 29.2 Å². The van der Waals surface area contributed by atoms with Crippen molar-refractivity contribution in [2.45, 2.75) is 50.7 Å². The zero-order chi connectivity index (χ0) is 20.9. The Balaban J connectivity index is 1.48. The lowest BCUT2D eigenvalue weighted by atomic mass is 9.93. The summed E-state index contributed by atoms with van der Waals surface area (Å²) in [7, 11) is 2.06. The molecule has 0 aromatic carbocycles. The predicted octanol–water partition coefficient (Wildman–Crippen LogP) is 3.77. The molecule has 0 atom stereocenters. The van der Waals surface area contributed by atoms with Gasteiger partial charge in [-0.3, -0.25) is 4.98 Å². The molecule has 162 valence electrons. The first-order valence-electron chi connectivity index (χ1n) is 10.8. The van der Waals surface area contributed by atoms with Crippen molar-refractivity contribution in [1.82, 2.24) is 15.0 Å². The first kappa shape index (κ1) is 21.3. The van der Waals surface area contributed by atoms with Gasteiger partial charge in [0.1, 0.15) is 11.6 Å².